The number of ether oxygens (including phenoxy) is 1. The first kappa shape index (κ1) is 15.8. The molecule has 7 heteroatoms. The van der Waals surface area contributed by atoms with Gasteiger partial charge < -0.3 is 15.0 Å². The smallest absolute Gasteiger partial charge is 0.318 e. The Morgan fingerprint density at radius 1 is 1.50 bits per heavy atom. The van der Waals surface area contributed by atoms with Crippen LogP contribution in [0.4, 0.5) is 4.79 Å². The number of aromatic nitrogens is 3. The van der Waals surface area contributed by atoms with E-state index in [1.807, 2.05) is 38.1 Å². The van der Waals surface area contributed by atoms with E-state index >= 15 is 0 Å². The minimum Gasteiger partial charge on any atom is -0.497 e. The van der Waals surface area contributed by atoms with Crippen LogP contribution in [0, 0.1) is 6.92 Å². The summed E-state index contributed by atoms with van der Waals surface area (Å²) in [6, 6.07) is 7.19. The maximum atomic E-state index is 12.2. The number of benzene rings is 1. The lowest BCUT2D eigenvalue weighted by Crippen LogP contribution is -2.38. The van der Waals surface area contributed by atoms with Gasteiger partial charge >= 0.3 is 6.03 Å². The number of carbonyl (C=O) groups excluding carboxylic acids is 1. The van der Waals surface area contributed by atoms with E-state index in [2.05, 4.69) is 20.5 Å². The van der Waals surface area contributed by atoms with Crippen molar-refractivity contribution >= 4 is 6.03 Å². The molecule has 0 spiro atoms. The average Bonchev–Trinajstić information content (AvgIpc) is 2.94. The lowest BCUT2D eigenvalue weighted by molar-refractivity contribution is 0.203. The van der Waals surface area contributed by atoms with Crippen molar-refractivity contribution in [2.45, 2.75) is 26.4 Å². The number of nitrogens with one attached hydrogen (secondary N) is 2. The number of H-pyrrole nitrogens is 1. The molecule has 0 aliphatic heterocycles. The maximum Gasteiger partial charge on any atom is 0.318 e. The molecular formula is C15H21N5O2. The highest BCUT2D eigenvalue weighted by Crippen LogP contribution is 2.14. The molecule has 0 fully saturated rings. The number of rotatable bonds is 5. The first-order chi connectivity index (χ1) is 10.5. The van der Waals surface area contributed by atoms with Gasteiger partial charge in [-0.25, -0.2) is 9.78 Å². The van der Waals surface area contributed by atoms with Crippen molar-refractivity contribution in [3.05, 3.63) is 41.5 Å². The van der Waals surface area contributed by atoms with Crippen molar-refractivity contribution in [2.75, 3.05) is 14.2 Å². The number of carbonyl (C=O) groups is 1. The van der Waals surface area contributed by atoms with Gasteiger partial charge in [-0.3, -0.25) is 5.10 Å². The number of hydrogen-bond donors (Lipinski definition) is 2. The number of amides is 2. The molecule has 0 unspecified atom stereocenters. The van der Waals surface area contributed by atoms with E-state index in [9.17, 15) is 4.79 Å². The second-order valence-electron chi connectivity index (χ2n) is 5.16. The van der Waals surface area contributed by atoms with Gasteiger partial charge in [0.15, 0.2) is 5.82 Å². The third kappa shape index (κ3) is 3.97. The maximum absolute atomic E-state index is 12.2. The molecule has 1 atom stereocenters. The summed E-state index contributed by atoms with van der Waals surface area (Å²) in [6.45, 7) is 4.16. The van der Waals surface area contributed by atoms with Crippen LogP contribution in [0.2, 0.25) is 0 Å². The fourth-order valence-corrected chi connectivity index (χ4v) is 2.03. The third-order valence-corrected chi connectivity index (χ3v) is 3.24. The Kier molecular flexibility index (Phi) is 4.98. The predicted molar refractivity (Wildman–Crippen MR) is 82.5 cm³/mol. The first-order valence-electron chi connectivity index (χ1n) is 7.03. The van der Waals surface area contributed by atoms with Gasteiger partial charge in [0.1, 0.15) is 11.6 Å². The molecule has 0 aliphatic carbocycles. The highest BCUT2D eigenvalue weighted by Gasteiger charge is 2.16. The summed E-state index contributed by atoms with van der Waals surface area (Å²) >= 11 is 0. The van der Waals surface area contributed by atoms with E-state index in [1.54, 1.807) is 19.1 Å². The molecule has 0 radical (unpaired) electrons. The fraction of sp³-hybridized carbons (Fsp3) is 0.400. The molecule has 1 heterocycles. The Balaban J connectivity index is 1.94. The molecule has 2 N–H and O–H groups in total. The second-order valence-corrected chi connectivity index (χ2v) is 5.16. The Hall–Kier alpha value is -2.57. The first-order valence-corrected chi connectivity index (χ1v) is 7.03. The van der Waals surface area contributed by atoms with Gasteiger partial charge in [0, 0.05) is 13.6 Å². The molecule has 7 nitrogen and oxygen atoms in total. The van der Waals surface area contributed by atoms with Gasteiger partial charge in [-0.05, 0) is 31.5 Å². The minimum absolute atomic E-state index is 0.183. The normalized spacial score (nSPS) is 11.8. The molecule has 0 saturated carbocycles. The molecule has 1 aromatic heterocycles. The van der Waals surface area contributed by atoms with Gasteiger partial charge in [-0.2, -0.15) is 5.10 Å². The predicted octanol–water partition coefficient (Wildman–Crippen LogP) is 2.02. The number of methoxy groups -OCH3 is 1. The van der Waals surface area contributed by atoms with E-state index in [1.165, 1.54) is 0 Å². The summed E-state index contributed by atoms with van der Waals surface area (Å²) < 4.78 is 5.18. The summed E-state index contributed by atoms with van der Waals surface area (Å²) in [5.74, 6) is 2.07. The van der Waals surface area contributed by atoms with E-state index in [-0.39, 0.29) is 12.1 Å². The van der Waals surface area contributed by atoms with Crippen molar-refractivity contribution in [1.82, 2.24) is 25.4 Å². The zero-order valence-corrected chi connectivity index (χ0v) is 13.3. The molecule has 118 valence electrons. The molecule has 2 amide bonds. The van der Waals surface area contributed by atoms with Crippen LogP contribution in [0.15, 0.2) is 24.3 Å². The summed E-state index contributed by atoms with van der Waals surface area (Å²) in [4.78, 5) is 18.0. The molecule has 0 bridgehead atoms. The zero-order chi connectivity index (χ0) is 16.1. The van der Waals surface area contributed by atoms with Crippen molar-refractivity contribution in [3.8, 4) is 5.75 Å². The van der Waals surface area contributed by atoms with Gasteiger partial charge in [0.05, 0.1) is 13.2 Å². The van der Waals surface area contributed by atoms with Crippen molar-refractivity contribution in [1.29, 1.82) is 0 Å². The Morgan fingerprint density at radius 2 is 2.27 bits per heavy atom. The van der Waals surface area contributed by atoms with Crippen LogP contribution in [0.25, 0.3) is 0 Å². The highest BCUT2D eigenvalue weighted by atomic mass is 16.5. The molecule has 0 saturated heterocycles. The van der Waals surface area contributed by atoms with Crippen LogP contribution in [-0.2, 0) is 6.54 Å². The summed E-state index contributed by atoms with van der Waals surface area (Å²) in [7, 11) is 3.36. The number of aryl methyl sites for hydroxylation is 1. The van der Waals surface area contributed by atoms with E-state index in [0.29, 0.717) is 12.4 Å². The van der Waals surface area contributed by atoms with E-state index < -0.39 is 0 Å². The fourth-order valence-electron chi connectivity index (χ4n) is 2.03. The Labute approximate surface area is 129 Å². The lowest BCUT2D eigenvalue weighted by Gasteiger charge is -2.20. The van der Waals surface area contributed by atoms with Crippen molar-refractivity contribution < 1.29 is 9.53 Å². The second kappa shape index (κ2) is 6.93. The van der Waals surface area contributed by atoms with Crippen molar-refractivity contribution in [3.63, 3.8) is 0 Å². The monoisotopic (exact) mass is 303 g/mol. The molecule has 1 aromatic carbocycles. The van der Waals surface area contributed by atoms with Gasteiger partial charge in [0.2, 0.25) is 0 Å². The number of urea groups is 1. The Morgan fingerprint density at radius 3 is 2.91 bits per heavy atom. The summed E-state index contributed by atoms with van der Waals surface area (Å²) in [6.07, 6.45) is 0. The SMILES string of the molecule is COc1cccc(CN(C)C(=O)N[C@@H](C)c2n[nH]c(C)n2)c1. The number of hydrogen-bond acceptors (Lipinski definition) is 4. The lowest BCUT2D eigenvalue weighted by atomic mass is 10.2. The van der Waals surface area contributed by atoms with Crippen LogP contribution < -0.4 is 10.1 Å². The number of nitrogens with zero attached hydrogens (tertiary/aromatic N) is 3. The molecule has 0 aliphatic rings. The highest BCUT2D eigenvalue weighted by molar-refractivity contribution is 5.74. The molecule has 2 aromatic rings. The summed E-state index contributed by atoms with van der Waals surface area (Å²) in [5, 5.41) is 9.68. The Bertz CT molecular complexity index is 640. The largest absolute Gasteiger partial charge is 0.497 e. The standard InChI is InChI=1S/C15H21N5O2/c1-10(14-17-11(2)18-19-14)16-15(21)20(3)9-12-6-5-7-13(8-12)22-4/h5-8,10H,9H2,1-4H3,(H,16,21)(H,17,18,19)/t10-/m0/s1. The van der Waals surface area contributed by atoms with E-state index in [0.717, 1.165) is 17.1 Å². The van der Waals surface area contributed by atoms with Crippen LogP contribution in [0.1, 0.15) is 30.2 Å². The average molecular weight is 303 g/mol. The van der Waals surface area contributed by atoms with E-state index in [4.69, 9.17) is 4.74 Å². The number of aromatic amines is 1. The van der Waals surface area contributed by atoms with Crippen LogP contribution in [0.3, 0.4) is 0 Å². The van der Waals surface area contributed by atoms with Crippen molar-refractivity contribution in [2.24, 2.45) is 0 Å². The van der Waals surface area contributed by atoms with Crippen LogP contribution >= 0.6 is 0 Å². The third-order valence-electron chi connectivity index (χ3n) is 3.24. The van der Waals surface area contributed by atoms with Gasteiger partial charge in [-0.1, -0.05) is 12.1 Å². The molecule has 2 rings (SSSR count). The van der Waals surface area contributed by atoms with Gasteiger partial charge in [0.25, 0.3) is 0 Å². The van der Waals surface area contributed by atoms with Crippen LogP contribution in [0.5, 0.6) is 5.75 Å². The zero-order valence-electron chi connectivity index (χ0n) is 13.3. The topological polar surface area (TPSA) is 83.1 Å². The minimum atomic E-state index is -0.259. The quantitative estimate of drug-likeness (QED) is 0.885. The molecule has 22 heavy (non-hydrogen) atoms. The van der Waals surface area contributed by atoms with Gasteiger partial charge in [-0.15, -0.1) is 0 Å². The summed E-state index contributed by atoms with van der Waals surface area (Å²) in [5.41, 5.74) is 0.999. The molecular weight excluding hydrogens is 282 g/mol. The van der Waals surface area contributed by atoms with Crippen LogP contribution in [-0.4, -0.2) is 40.3 Å².